The van der Waals surface area contributed by atoms with Gasteiger partial charge in [-0.25, -0.2) is 4.79 Å². The molecule has 2 heterocycles. The number of hydrogen-bond donors (Lipinski definition) is 1. The van der Waals surface area contributed by atoms with Gasteiger partial charge in [0.05, 0.1) is 5.92 Å². The normalized spacial score (nSPS) is 19.4. The summed E-state index contributed by atoms with van der Waals surface area (Å²) in [6, 6.07) is 1.53. The Kier molecular flexibility index (Phi) is 6.08. The standard InChI is InChI=1S/C17H23N3O5/c1-10(2)15(21)18-13-7-8-20(17(23)19-13)14-6-5-12(25-14)9-24-16(22)11(3)4/h5-8,10-12,14H,9H2,1-4H3,(H,18,19,21,23)/t12-,14+/m0/s1. The molecule has 0 aliphatic carbocycles. The molecule has 0 saturated carbocycles. The van der Waals surface area contributed by atoms with Crippen LogP contribution >= 0.6 is 0 Å². The number of amides is 1. The highest BCUT2D eigenvalue weighted by atomic mass is 16.6. The molecule has 1 aliphatic rings. The van der Waals surface area contributed by atoms with Crippen LogP contribution in [0.15, 0.2) is 29.2 Å². The molecule has 8 heteroatoms. The van der Waals surface area contributed by atoms with Gasteiger partial charge < -0.3 is 14.8 Å². The molecule has 0 unspecified atom stereocenters. The average Bonchev–Trinajstić information content (AvgIpc) is 3.01. The van der Waals surface area contributed by atoms with Crippen LogP contribution in [0.25, 0.3) is 0 Å². The van der Waals surface area contributed by atoms with Crippen molar-refractivity contribution < 1.29 is 19.1 Å². The number of carbonyl (C=O) groups is 2. The zero-order valence-corrected chi connectivity index (χ0v) is 14.8. The van der Waals surface area contributed by atoms with Gasteiger partial charge in [0.15, 0.2) is 6.23 Å². The van der Waals surface area contributed by atoms with Crippen LogP contribution < -0.4 is 11.0 Å². The van der Waals surface area contributed by atoms with Crippen molar-refractivity contribution in [2.75, 3.05) is 11.9 Å². The number of nitrogens with zero attached hydrogens (tertiary/aromatic N) is 2. The zero-order chi connectivity index (χ0) is 18.6. The zero-order valence-electron chi connectivity index (χ0n) is 14.8. The van der Waals surface area contributed by atoms with E-state index >= 15 is 0 Å². The monoisotopic (exact) mass is 349 g/mol. The number of aromatic nitrogens is 2. The highest BCUT2D eigenvalue weighted by Gasteiger charge is 2.23. The topological polar surface area (TPSA) is 99.5 Å². The maximum absolute atomic E-state index is 12.1. The first kappa shape index (κ1) is 18.9. The van der Waals surface area contributed by atoms with E-state index in [0.717, 1.165) is 0 Å². The molecule has 0 bridgehead atoms. The van der Waals surface area contributed by atoms with E-state index in [1.54, 1.807) is 39.8 Å². The quantitative estimate of drug-likeness (QED) is 0.617. The fourth-order valence-corrected chi connectivity index (χ4v) is 2.02. The van der Waals surface area contributed by atoms with Crippen LogP contribution in [0.3, 0.4) is 0 Å². The van der Waals surface area contributed by atoms with Crippen LogP contribution in [0, 0.1) is 11.8 Å². The van der Waals surface area contributed by atoms with Gasteiger partial charge in [-0.3, -0.25) is 14.2 Å². The van der Waals surface area contributed by atoms with Crippen LogP contribution in [0.2, 0.25) is 0 Å². The van der Waals surface area contributed by atoms with Crippen LogP contribution in [0.1, 0.15) is 33.9 Å². The fraction of sp³-hybridized carbons (Fsp3) is 0.529. The number of rotatable bonds is 6. The van der Waals surface area contributed by atoms with Gasteiger partial charge in [0, 0.05) is 12.1 Å². The number of hydrogen-bond acceptors (Lipinski definition) is 6. The number of carbonyl (C=O) groups excluding carboxylic acids is 2. The molecule has 8 nitrogen and oxygen atoms in total. The van der Waals surface area contributed by atoms with Crippen molar-refractivity contribution in [3.8, 4) is 0 Å². The molecule has 1 amide bonds. The van der Waals surface area contributed by atoms with Crippen molar-refractivity contribution in [1.82, 2.24) is 9.55 Å². The Labute approximate surface area is 145 Å². The molecule has 2 atom stereocenters. The van der Waals surface area contributed by atoms with Gasteiger partial charge in [0.2, 0.25) is 5.91 Å². The SMILES string of the molecule is CC(C)C(=O)Nc1ccn([C@H]2C=C[C@@H](COC(=O)C(C)C)O2)c(=O)n1. The second kappa shape index (κ2) is 8.06. The minimum absolute atomic E-state index is 0.0920. The molecule has 0 spiro atoms. The minimum Gasteiger partial charge on any atom is -0.462 e. The molecule has 0 saturated heterocycles. The van der Waals surface area contributed by atoms with E-state index in [0.29, 0.717) is 0 Å². The summed E-state index contributed by atoms with van der Waals surface area (Å²) in [4.78, 5) is 39.1. The summed E-state index contributed by atoms with van der Waals surface area (Å²) < 4.78 is 12.1. The maximum atomic E-state index is 12.1. The molecule has 2 rings (SSSR count). The number of esters is 1. The van der Waals surface area contributed by atoms with E-state index in [1.807, 2.05) is 0 Å². The Morgan fingerprint density at radius 1 is 1.28 bits per heavy atom. The molecular weight excluding hydrogens is 326 g/mol. The second-order valence-electron chi connectivity index (χ2n) is 6.38. The molecule has 0 radical (unpaired) electrons. The lowest BCUT2D eigenvalue weighted by Crippen LogP contribution is -2.30. The molecule has 0 fully saturated rings. The maximum Gasteiger partial charge on any atom is 0.351 e. The summed E-state index contributed by atoms with van der Waals surface area (Å²) in [6.07, 6.45) is 3.89. The Bertz CT molecular complexity index is 723. The van der Waals surface area contributed by atoms with E-state index < -0.39 is 18.0 Å². The van der Waals surface area contributed by atoms with Gasteiger partial charge in [-0.1, -0.05) is 33.8 Å². The molecule has 1 N–H and O–H groups in total. The lowest BCUT2D eigenvalue weighted by Gasteiger charge is -2.17. The summed E-state index contributed by atoms with van der Waals surface area (Å²) in [7, 11) is 0. The van der Waals surface area contributed by atoms with Gasteiger partial charge in [-0.15, -0.1) is 0 Å². The summed E-state index contributed by atoms with van der Waals surface area (Å²) in [6.45, 7) is 7.09. The molecule has 1 aromatic rings. The number of nitrogens with one attached hydrogen (secondary N) is 1. The summed E-state index contributed by atoms with van der Waals surface area (Å²) in [5, 5.41) is 2.57. The van der Waals surface area contributed by atoms with E-state index in [4.69, 9.17) is 9.47 Å². The van der Waals surface area contributed by atoms with E-state index in [2.05, 4.69) is 10.3 Å². The molecule has 1 aromatic heterocycles. The van der Waals surface area contributed by atoms with Crippen LogP contribution in [0.5, 0.6) is 0 Å². The molecule has 0 aromatic carbocycles. The summed E-state index contributed by atoms with van der Waals surface area (Å²) in [5.41, 5.74) is -0.545. The Hall–Kier alpha value is -2.48. The number of anilines is 1. The third-order valence-corrected chi connectivity index (χ3v) is 3.55. The van der Waals surface area contributed by atoms with E-state index in [9.17, 15) is 14.4 Å². The largest absolute Gasteiger partial charge is 0.462 e. The Morgan fingerprint density at radius 3 is 2.60 bits per heavy atom. The highest BCUT2D eigenvalue weighted by molar-refractivity contribution is 5.91. The molecule has 1 aliphatic heterocycles. The smallest absolute Gasteiger partial charge is 0.351 e. The Morgan fingerprint density at radius 2 is 2.00 bits per heavy atom. The van der Waals surface area contributed by atoms with Crippen molar-refractivity contribution >= 4 is 17.7 Å². The molecular formula is C17H23N3O5. The minimum atomic E-state index is -0.627. The Balaban J connectivity index is 1.97. The predicted molar refractivity (Wildman–Crippen MR) is 90.8 cm³/mol. The number of ether oxygens (including phenoxy) is 2. The van der Waals surface area contributed by atoms with Crippen molar-refractivity contribution in [2.24, 2.45) is 11.8 Å². The van der Waals surface area contributed by atoms with Gasteiger partial charge in [-0.2, -0.15) is 4.98 Å². The van der Waals surface area contributed by atoms with Crippen LogP contribution in [0.4, 0.5) is 5.82 Å². The lowest BCUT2D eigenvalue weighted by atomic mass is 10.2. The van der Waals surface area contributed by atoms with Crippen molar-refractivity contribution in [3.63, 3.8) is 0 Å². The van der Waals surface area contributed by atoms with E-state index in [1.165, 1.54) is 16.8 Å². The highest BCUT2D eigenvalue weighted by Crippen LogP contribution is 2.20. The fourth-order valence-electron chi connectivity index (χ4n) is 2.02. The van der Waals surface area contributed by atoms with Gasteiger partial charge >= 0.3 is 11.7 Å². The third kappa shape index (κ3) is 4.99. The third-order valence-electron chi connectivity index (χ3n) is 3.55. The van der Waals surface area contributed by atoms with Crippen molar-refractivity contribution in [3.05, 3.63) is 34.9 Å². The van der Waals surface area contributed by atoms with Gasteiger partial charge in [0.1, 0.15) is 18.5 Å². The molecule has 136 valence electrons. The van der Waals surface area contributed by atoms with Gasteiger partial charge in [0.25, 0.3) is 0 Å². The second-order valence-corrected chi connectivity index (χ2v) is 6.38. The first-order valence-corrected chi connectivity index (χ1v) is 8.18. The van der Waals surface area contributed by atoms with Crippen LogP contribution in [-0.4, -0.2) is 34.1 Å². The van der Waals surface area contributed by atoms with Gasteiger partial charge in [-0.05, 0) is 12.1 Å². The first-order valence-electron chi connectivity index (χ1n) is 8.18. The first-order chi connectivity index (χ1) is 11.8. The lowest BCUT2D eigenvalue weighted by molar-refractivity contribution is -0.151. The summed E-state index contributed by atoms with van der Waals surface area (Å²) >= 11 is 0. The summed E-state index contributed by atoms with van der Waals surface area (Å²) in [5.74, 6) is -0.733. The van der Waals surface area contributed by atoms with E-state index in [-0.39, 0.29) is 36.1 Å². The van der Waals surface area contributed by atoms with Crippen molar-refractivity contribution in [2.45, 2.75) is 40.0 Å². The predicted octanol–water partition coefficient (Wildman–Crippen LogP) is 1.49. The van der Waals surface area contributed by atoms with Crippen molar-refractivity contribution in [1.29, 1.82) is 0 Å². The molecule has 25 heavy (non-hydrogen) atoms. The van der Waals surface area contributed by atoms with Crippen LogP contribution in [-0.2, 0) is 19.1 Å². The average molecular weight is 349 g/mol.